The Hall–Kier alpha value is -1.35. The van der Waals surface area contributed by atoms with E-state index in [0.717, 1.165) is 12.0 Å². The zero-order valence-corrected chi connectivity index (χ0v) is 10.7. The first-order valence-electron chi connectivity index (χ1n) is 6.55. The molecule has 0 saturated heterocycles. The molecule has 1 aromatic rings. The number of hydrogen-bond acceptors (Lipinski definition) is 2. The van der Waals surface area contributed by atoms with Crippen LogP contribution in [-0.2, 0) is 17.6 Å². The molecule has 0 aliphatic heterocycles. The fourth-order valence-corrected chi connectivity index (χ4v) is 2.84. The molecule has 0 aromatic heterocycles. The number of carboxylic acids is 1. The number of carboxylic acid groups (broad SMARTS) is 1. The fourth-order valence-electron chi connectivity index (χ4n) is 2.84. The predicted molar refractivity (Wildman–Crippen MR) is 69.5 cm³/mol. The van der Waals surface area contributed by atoms with E-state index in [-0.39, 0.29) is 0 Å². The number of hydrogen-bond donors (Lipinski definition) is 2. The number of aliphatic hydroxyl groups excluding tert-OH is 1. The Morgan fingerprint density at radius 1 is 1.39 bits per heavy atom. The monoisotopic (exact) mass is 248 g/mol. The van der Waals surface area contributed by atoms with Gasteiger partial charge in [0.05, 0.1) is 11.5 Å². The first-order valence-corrected chi connectivity index (χ1v) is 6.55. The molecule has 0 heterocycles. The quantitative estimate of drug-likeness (QED) is 0.860. The molecule has 2 N–H and O–H groups in total. The van der Waals surface area contributed by atoms with E-state index in [4.69, 9.17) is 0 Å². The normalized spacial score (nSPS) is 24.3. The summed E-state index contributed by atoms with van der Waals surface area (Å²) in [5.41, 5.74) is 1.58. The highest BCUT2D eigenvalue weighted by Gasteiger charge is 2.42. The minimum atomic E-state index is -0.788. The second-order valence-corrected chi connectivity index (χ2v) is 5.30. The third-order valence-corrected chi connectivity index (χ3v) is 4.07. The molecule has 3 heteroatoms. The maximum atomic E-state index is 11.6. The lowest BCUT2D eigenvalue weighted by molar-refractivity contribution is -0.152. The highest BCUT2D eigenvalue weighted by molar-refractivity contribution is 5.75. The molecule has 0 radical (unpaired) electrons. The van der Waals surface area contributed by atoms with Crippen LogP contribution in [0.25, 0.3) is 0 Å². The van der Waals surface area contributed by atoms with E-state index in [1.807, 2.05) is 25.1 Å². The smallest absolute Gasteiger partial charge is 0.310 e. The molecule has 1 aromatic carbocycles. The summed E-state index contributed by atoms with van der Waals surface area (Å²) in [6.45, 7) is 1.89. The molecule has 0 bridgehead atoms. The van der Waals surface area contributed by atoms with Crippen LogP contribution in [0.2, 0.25) is 0 Å². The third-order valence-electron chi connectivity index (χ3n) is 4.07. The minimum absolute atomic E-state index is 0.354. The number of benzene rings is 1. The maximum absolute atomic E-state index is 11.6. The van der Waals surface area contributed by atoms with Crippen molar-refractivity contribution in [3.63, 3.8) is 0 Å². The molecule has 0 saturated carbocycles. The first-order chi connectivity index (χ1) is 8.57. The van der Waals surface area contributed by atoms with Crippen LogP contribution in [0, 0.1) is 5.41 Å². The van der Waals surface area contributed by atoms with Crippen LogP contribution < -0.4 is 0 Å². The largest absolute Gasteiger partial charge is 0.481 e. The van der Waals surface area contributed by atoms with Gasteiger partial charge in [-0.2, -0.15) is 0 Å². The van der Waals surface area contributed by atoms with E-state index in [0.29, 0.717) is 25.7 Å². The van der Waals surface area contributed by atoms with Crippen molar-refractivity contribution >= 4 is 5.97 Å². The van der Waals surface area contributed by atoms with Gasteiger partial charge in [-0.1, -0.05) is 31.2 Å². The number of rotatable bonds is 4. The van der Waals surface area contributed by atoms with Crippen LogP contribution >= 0.6 is 0 Å². The highest BCUT2D eigenvalue weighted by atomic mass is 16.4. The summed E-state index contributed by atoms with van der Waals surface area (Å²) >= 11 is 0. The minimum Gasteiger partial charge on any atom is -0.481 e. The predicted octanol–water partition coefficient (Wildman–Crippen LogP) is 2.41. The van der Waals surface area contributed by atoms with Crippen molar-refractivity contribution < 1.29 is 15.0 Å². The Morgan fingerprint density at radius 2 is 2.06 bits per heavy atom. The van der Waals surface area contributed by atoms with Gasteiger partial charge in [0.15, 0.2) is 0 Å². The average Bonchev–Trinajstić information content (AvgIpc) is 2.38. The Kier molecular flexibility index (Phi) is 3.71. The van der Waals surface area contributed by atoms with Crippen molar-refractivity contribution in [1.29, 1.82) is 0 Å². The topological polar surface area (TPSA) is 57.5 Å². The summed E-state index contributed by atoms with van der Waals surface area (Å²) < 4.78 is 0. The molecule has 0 spiro atoms. The maximum Gasteiger partial charge on any atom is 0.310 e. The number of aryl methyl sites for hydroxylation is 1. The molecule has 2 unspecified atom stereocenters. The van der Waals surface area contributed by atoms with Gasteiger partial charge in [0.2, 0.25) is 0 Å². The van der Waals surface area contributed by atoms with E-state index in [2.05, 4.69) is 6.07 Å². The number of carbonyl (C=O) groups is 1. The Labute approximate surface area is 107 Å². The van der Waals surface area contributed by atoms with Crippen molar-refractivity contribution in [3.8, 4) is 0 Å². The van der Waals surface area contributed by atoms with Crippen LogP contribution in [0.15, 0.2) is 24.3 Å². The van der Waals surface area contributed by atoms with Crippen molar-refractivity contribution in [2.45, 2.75) is 45.1 Å². The second kappa shape index (κ2) is 5.11. The van der Waals surface area contributed by atoms with Crippen LogP contribution in [0.5, 0.6) is 0 Å². The van der Waals surface area contributed by atoms with Crippen molar-refractivity contribution in [1.82, 2.24) is 0 Å². The van der Waals surface area contributed by atoms with E-state index >= 15 is 0 Å². The number of fused-ring (bicyclic) bond motifs is 1. The summed E-state index contributed by atoms with van der Waals surface area (Å²) in [7, 11) is 0. The van der Waals surface area contributed by atoms with Gasteiger partial charge in [-0.25, -0.2) is 0 Å². The van der Waals surface area contributed by atoms with Gasteiger partial charge >= 0.3 is 5.97 Å². The summed E-state index contributed by atoms with van der Waals surface area (Å²) in [6, 6.07) is 8.02. The van der Waals surface area contributed by atoms with Gasteiger partial charge in [0.25, 0.3) is 0 Å². The molecule has 2 rings (SSSR count). The van der Waals surface area contributed by atoms with Gasteiger partial charge in [0, 0.05) is 0 Å². The second-order valence-electron chi connectivity index (χ2n) is 5.30. The van der Waals surface area contributed by atoms with E-state index in [9.17, 15) is 15.0 Å². The molecular weight excluding hydrogens is 228 g/mol. The molecule has 2 atom stereocenters. The van der Waals surface area contributed by atoms with Crippen molar-refractivity contribution in [2.75, 3.05) is 0 Å². The summed E-state index contributed by atoms with van der Waals surface area (Å²) in [4.78, 5) is 11.6. The molecule has 0 amide bonds. The Bertz CT molecular complexity index is 441. The molecular formula is C15H20O3. The molecule has 1 aliphatic carbocycles. The molecule has 18 heavy (non-hydrogen) atoms. The van der Waals surface area contributed by atoms with Gasteiger partial charge in [-0.3, -0.25) is 4.79 Å². The van der Waals surface area contributed by atoms with Crippen molar-refractivity contribution in [3.05, 3.63) is 35.4 Å². The third kappa shape index (κ3) is 2.41. The highest BCUT2D eigenvalue weighted by Crippen LogP contribution is 2.39. The summed E-state index contributed by atoms with van der Waals surface area (Å²) in [5, 5.41) is 19.4. The molecule has 3 nitrogen and oxygen atoms in total. The Morgan fingerprint density at radius 3 is 2.67 bits per heavy atom. The molecule has 1 aliphatic rings. The van der Waals surface area contributed by atoms with Gasteiger partial charge in [-0.05, 0) is 43.2 Å². The number of aliphatic carboxylic acids is 1. The standard InChI is InChI=1S/C15H20O3/c1-2-13(16)10-15(14(17)18)8-7-11-5-3-4-6-12(11)9-15/h3-6,13,16H,2,7-10H2,1H3,(H,17,18). The van der Waals surface area contributed by atoms with Gasteiger partial charge in [-0.15, -0.1) is 0 Å². The van der Waals surface area contributed by atoms with E-state index in [1.165, 1.54) is 5.56 Å². The fraction of sp³-hybridized carbons (Fsp3) is 0.533. The van der Waals surface area contributed by atoms with E-state index < -0.39 is 17.5 Å². The van der Waals surface area contributed by atoms with Crippen LogP contribution in [-0.4, -0.2) is 22.3 Å². The molecule has 0 fully saturated rings. The zero-order chi connectivity index (χ0) is 13.2. The molecule has 98 valence electrons. The lowest BCUT2D eigenvalue weighted by Gasteiger charge is -2.35. The first kappa shape index (κ1) is 13.1. The SMILES string of the molecule is CCC(O)CC1(C(=O)O)CCc2ccccc2C1. The van der Waals surface area contributed by atoms with Crippen LogP contribution in [0.4, 0.5) is 0 Å². The average molecular weight is 248 g/mol. The van der Waals surface area contributed by atoms with Gasteiger partial charge < -0.3 is 10.2 Å². The van der Waals surface area contributed by atoms with Crippen LogP contribution in [0.1, 0.15) is 37.3 Å². The van der Waals surface area contributed by atoms with E-state index in [1.54, 1.807) is 0 Å². The van der Waals surface area contributed by atoms with Crippen LogP contribution in [0.3, 0.4) is 0 Å². The summed E-state index contributed by atoms with van der Waals surface area (Å²) in [5.74, 6) is -0.774. The van der Waals surface area contributed by atoms with Gasteiger partial charge in [0.1, 0.15) is 0 Å². The van der Waals surface area contributed by atoms with Crippen molar-refractivity contribution in [2.24, 2.45) is 5.41 Å². The summed E-state index contributed by atoms with van der Waals surface area (Å²) in [6.07, 6.45) is 2.39. The lowest BCUT2D eigenvalue weighted by Crippen LogP contribution is -2.39. The zero-order valence-electron chi connectivity index (χ0n) is 10.7. The lowest BCUT2D eigenvalue weighted by atomic mass is 9.68. The number of aliphatic hydroxyl groups is 1. The Balaban J connectivity index is 2.27.